The molecular weight excluding hydrogens is 386 g/mol. The predicted molar refractivity (Wildman–Crippen MR) is 138 cm³/mol. The number of rotatable bonds is 5. The van der Waals surface area contributed by atoms with Crippen LogP contribution >= 0.6 is 0 Å². The lowest BCUT2D eigenvalue weighted by Crippen LogP contribution is -2.11. The van der Waals surface area contributed by atoms with Crippen molar-refractivity contribution < 1.29 is 0 Å². The van der Waals surface area contributed by atoms with Gasteiger partial charge in [-0.15, -0.1) is 0 Å². The zero-order chi connectivity index (χ0) is 21.8. The first-order chi connectivity index (χ1) is 15.8. The summed E-state index contributed by atoms with van der Waals surface area (Å²) in [5, 5.41) is 0. The van der Waals surface area contributed by atoms with Crippen LogP contribution in [0.15, 0.2) is 97.1 Å². The maximum atomic E-state index is 2.40. The molecule has 0 spiro atoms. The molecule has 0 aromatic heterocycles. The lowest BCUT2D eigenvalue weighted by atomic mass is 9.91. The minimum absolute atomic E-state index is 1.18. The second-order valence-electron chi connectivity index (χ2n) is 8.67. The number of hydrogen-bond donors (Lipinski definition) is 0. The summed E-state index contributed by atoms with van der Waals surface area (Å²) in [6, 6.07) is 35.2. The van der Waals surface area contributed by atoms with Crippen LogP contribution in [0.1, 0.15) is 40.7 Å². The molecule has 1 aliphatic carbocycles. The Labute approximate surface area is 191 Å². The van der Waals surface area contributed by atoms with E-state index in [-0.39, 0.29) is 0 Å². The molecule has 0 fully saturated rings. The Hall–Kier alpha value is -3.58. The van der Waals surface area contributed by atoms with Crippen LogP contribution in [0.5, 0.6) is 0 Å². The van der Waals surface area contributed by atoms with Gasteiger partial charge in [-0.1, -0.05) is 78.4 Å². The van der Waals surface area contributed by atoms with Gasteiger partial charge in [-0.05, 0) is 91.3 Å². The van der Waals surface area contributed by atoms with Gasteiger partial charge in [-0.2, -0.15) is 0 Å². The molecule has 1 heteroatoms. The van der Waals surface area contributed by atoms with Gasteiger partial charge in [-0.3, -0.25) is 0 Å². The number of benzene rings is 4. The van der Waals surface area contributed by atoms with Crippen molar-refractivity contribution in [3.05, 3.63) is 125 Å². The van der Waals surface area contributed by atoms with E-state index in [4.69, 9.17) is 0 Å². The summed E-state index contributed by atoms with van der Waals surface area (Å²) >= 11 is 0. The molecule has 0 heterocycles. The third-order valence-corrected chi connectivity index (χ3v) is 6.30. The highest BCUT2D eigenvalue weighted by atomic mass is 15.1. The third kappa shape index (κ3) is 4.53. The summed E-state index contributed by atoms with van der Waals surface area (Å²) < 4.78 is 0. The maximum absolute atomic E-state index is 2.40. The summed E-state index contributed by atoms with van der Waals surface area (Å²) in [5.41, 5.74) is 10.3. The van der Waals surface area contributed by atoms with Crippen LogP contribution in [0.25, 0.3) is 12.2 Å². The fraction of sp³-hybridized carbons (Fsp3) is 0.161. The third-order valence-electron chi connectivity index (χ3n) is 6.30. The monoisotopic (exact) mass is 415 g/mol. The van der Waals surface area contributed by atoms with Crippen LogP contribution in [0.4, 0.5) is 17.1 Å². The van der Waals surface area contributed by atoms with Crippen molar-refractivity contribution >= 4 is 29.2 Å². The van der Waals surface area contributed by atoms with E-state index < -0.39 is 0 Å². The molecule has 0 unspecified atom stereocenters. The standard InChI is InChI=1S/C31H29N/c1-24-11-13-25(14-12-24)15-16-26-17-20-30(21-18-26)32(29-9-3-2-4-10-29)31-22-19-27-7-5-6-8-28(27)23-31/h2-4,9-23H,5-8H2,1H3. The van der Waals surface area contributed by atoms with Crippen LogP contribution < -0.4 is 4.90 Å². The van der Waals surface area contributed by atoms with E-state index in [2.05, 4.69) is 121 Å². The Bertz CT molecular complexity index is 1200. The zero-order valence-electron chi connectivity index (χ0n) is 18.7. The fourth-order valence-corrected chi connectivity index (χ4v) is 4.49. The molecule has 1 nitrogen and oxygen atoms in total. The van der Waals surface area contributed by atoms with E-state index >= 15 is 0 Å². The molecule has 5 rings (SSSR count). The molecule has 1 aliphatic rings. The molecule has 0 N–H and O–H groups in total. The molecule has 0 aliphatic heterocycles. The van der Waals surface area contributed by atoms with Gasteiger partial charge in [0.1, 0.15) is 0 Å². The minimum atomic E-state index is 1.18. The smallest absolute Gasteiger partial charge is 0.0464 e. The van der Waals surface area contributed by atoms with Crippen LogP contribution in [0, 0.1) is 6.92 Å². The van der Waals surface area contributed by atoms with Crippen LogP contribution in [-0.2, 0) is 12.8 Å². The Morgan fingerprint density at radius 1 is 0.562 bits per heavy atom. The average Bonchev–Trinajstić information content (AvgIpc) is 2.85. The number of nitrogens with zero attached hydrogens (tertiary/aromatic N) is 1. The molecule has 0 atom stereocenters. The maximum Gasteiger partial charge on any atom is 0.0464 e. The normalized spacial score (nSPS) is 13.2. The van der Waals surface area contributed by atoms with Crippen molar-refractivity contribution in [2.45, 2.75) is 32.6 Å². The van der Waals surface area contributed by atoms with Crippen molar-refractivity contribution in [3.63, 3.8) is 0 Å². The molecule has 0 amide bonds. The van der Waals surface area contributed by atoms with Crippen LogP contribution in [0.3, 0.4) is 0 Å². The topological polar surface area (TPSA) is 3.24 Å². The molecule has 0 saturated carbocycles. The molecule has 158 valence electrons. The fourth-order valence-electron chi connectivity index (χ4n) is 4.49. The first-order valence-electron chi connectivity index (χ1n) is 11.6. The first kappa shape index (κ1) is 20.3. The van der Waals surface area contributed by atoms with Crippen LogP contribution in [-0.4, -0.2) is 0 Å². The van der Waals surface area contributed by atoms with Gasteiger partial charge in [0.05, 0.1) is 0 Å². The van der Waals surface area contributed by atoms with Crippen molar-refractivity contribution in [1.29, 1.82) is 0 Å². The van der Waals surface area contributed by atoms with E-state index in [9.17, 15) is 0 Å². The largest absolute Gasteiger partial charge is 0.310 e. The quantitative estimate of drug-likeness (QED) is 0.295. The minimum Gasteiger partial charge on any atom is -0.310 e. The predicted octanol–water partition coefficient (Wildman–Crippen LogP) is 8.51. The Morgan fingerprint density at radius 3 is 1.81 bits per heavy atom. The summed E-state index contributed by atoms with van der Waals surface area (Å²) in [4.78, 5) is 2.36. The van der Waals surface area contributed by atoms with E-state index in [0.717, 1.165) is 0 Å². The lowest BCUT2D eigenvalue weighted by Gasteiger charge is -2.27. The summed E-state index contributed by atoms with van der Waals surface area (Å²) in [5.74, 6) is 0. The van der Waals surface area contributed by atoms with Gasteiger partial charge in [0.2, 0.25) is 0 Å². The summed E-state index contributed by atoms with van der Waals surface area (Å²) in [6.07, 6.45) is 9.36. The highest BCUT2D eigenvalue weighted by molar-refractivity contribution is 5.78. The second kappa shape index (κ2) is 9.28. The summed E-state index contributed by atoms with van der Waals surface area (Å²) in [7, 11) is 0. The van der Waals surface area contributed by atoms with Crippen molar-refractivity contribution in [2.24, 2.45) is 0 Å². The first-order valence-corrected chi connectivity index (χ1v) is 11.6. The molecule has 32 heavy (non-hydrogen) atoms. The van der Waals surface area contributed by atoms with Gasteiger partial charge in [0.15, 0.2) is 0 Å². The molecule has 4 aromatic carbocycles. The molecule has 0 saturated heterocycles. The number of anilines is 3. The van der Waals surface area contributed by atoms with Crippen LogP contribution in [0.2, 0.25) is 0 Å². The molecule has 0 radical (unpaired) electrons. The van der Waals surface area contributed by atoms with E-state index in [1.807, 2.05) is 0 Å². The van der Waals surface area contributed by atoms with Crippen molar-refractivity contribution in [3.8, 4) is 0 Å². The van der Waals surface area contributed by atoms with Gasteiger partial charge in [-0.25, -0.2) is 0 Å². The Morgan fingerprint density at radius 2 is 1.12 bits per heavy atom. The zero-order valence-corrected chi connectivity index (χ0v) is 18.7. The summed E-state index contributed by atoms with van der Waals surface area (Å²) in [6.45, 7) is 2.12. The Kier molecular flexibility index (Phi) is 5.89. The molecular formula is C31H29N. The van der Waals surface area contributed by atoms with Gasteiger partial charge >= 0.3 is 0 Å². The Balaban J connectivity index is 1.46. The van der Waals surface area contributed by atoms with Crippen molar-refractivity contribution in [2.75, 3.05) is 4.90 Å². The highest BCUT2D eigenvalue weighted by Gasteiger charge is 2.15. The number of para-hydroxylation sites is 1. The van der Waals surface area contributed by atoms with Gasteiger partial charge < -0.3 is 4.90 Å². The van der Waals surface area contributed by atoms with E-state index in [0.29, 0.717) is 0 Å². The SMILES string of the molecule is Cc1ccc(C=Cc2ccc(N(c3ccccc3)c3ccc4c(c3)CCCC4)cc2)cc1. The lowest BCUT2D eigenvalue weighted by molar-refractivity contribution is 0.685. The van der Waals surface area contributed by atoms with E-state index in [1.165, 1.54) is 70.6 Å². The second-order valence-corrected chi connectivity index (χ2v) is 8.67. The number of hydrogen-bond acceptors (Lipinski definition) is 1. The highest BCUT2D eigenvalue weighted by Crippen LogP contribution is 2.36. The number of aryl methyl sites for hydroxylation is 3. The molecule has 4 aromatic rings. The van der Waals surface area contributed by atoms with Gasteiger partial charge in [0, 0.05) is 17.1 Å². The number of fused-ring (bicyclic) bond motifs is 1. The van der Waals surface area contributed by atoms with Gasteiger partial charge in [0.25, 0.3) is 0 Å². The average molecular weight is 416 g/mol. The molecule has 0 bridgehead atoms. The van der Waals surface area contributed by atoms with E-state index in [1.54, 1.807) is 0 Å². The van der Waals surface area contributed by atoms with Crippen molar-refractivity contribution in [1.82, 2.24) is 0 Å².